The van der Waals surface area contributed by atoms with E-state index in [-0.39, 0.29) is 0 Å². The molecule has 0 aliphatic rings. The zero-order chi connectivity index (χ0) is 12.0. The van der Waals surface area contributed by atoms with Crippen LogP contribution < -0.4 is 5.32 Å². The molecule has 0 radical (unpaired) electrons. The minimum atomic E-state index is 0.428. The van der Waals surface area contributed by atoms with Crippen molar-refractivity contribution in [3.63, 3.8) is 0 Å². The van der Waals surface area contributed by atoms with E-state index in [2.05, 4.69) is 41.0 Å². The second-order valence-corrected chi connectivity index (χ2v) is 4.02. The molecule has 0 saturated carbocycles. The van der Waals surface area contributed by atoms with Crippen molar-refractivity contribution in [2.45, 2.75) is 40.0 Å². The molecule has 1 rings (SSSR count). The summed E-state index contributed by atoms with van der Waals surface area (Å²) in [4.78, 5) is 8.80. The zero-order valence-corrected chi connectivity index (χ0v) is 10.5. The number of hydrogen-bond donors (Lipinski definition) is 1. The number of aryl methyl sites for hydroxylation is 1. The molecule has 16 heavy (non-hydrogen) atoms. The molecular formula is C13H19N3. The third-order valence-corrected chi connectivity index (χ3v) is 2.18. The van der Waals surface area contributed by atoms with E-state index in [1.54, 1.807) is 0 Å². The fourth-order valence-corrected chi connectivity index (χ4v) is 1.33. The summed E-state index contributed by atoms with van der Waals surface area (Å²) in [6.45, 7) is 8.90. The Balaban J connectivity index is 2.67. The molecule has 0 aliphatic heterocycles. The van der Waals surface area contributed by atoms with Crippen LogP contribution in [-0.4, -0.2) is 16.5 Å². The van der Waals surface area contributed by atoms with Crippen LogP contribution >= 0.6 is 0 Å². The lowest BCUT2D eigenvalue weighted by molar-refractivity contribution is 0.808. The summed E-state index contributed by atoms with van der Waals surface area (Å²) < 4.78 is 0. The van der Waals surface area contributed by atoms with Crippen LogP contribution in [0.1, 0.15) is 44.5 Å². The van der Waals surface area contributed by atoms with E-state index >= 15 is 0 Å². The summed E-state index contributed by atoms with van der Waals surface area (Å²) in [5.41, 5.74) is 2.08. The van der Waals surface area contributed by atoms with Crippen LogP contribution in [0.2, 0.25) is 0 Å². The summed E-state index contributed by atoms with van der Waals surface area (Å²) >= 11 is 0. The van der Waals surface area contributed by atoms with Crippen LogP contribution in [0.4, 0.5) is 5.95 Å². The van der Waals surface area contributed by atoms with Gasteiger partial charge in [0, 0.05) is 24.4 Å². The first-order valence-corrected chi connectivity index (χ1v) is 5.62. The van der Waals surface area contributed by atoms with Gasteiger partial charge in [-0.05, 0) is 25.8 Å². The molecule has 0 atom stereocenters. The van der Waals surface area contributed by atoms with Gasteiger partial charge in [0.25, 0.3) is 0 Å². The van der Waals surface area contributed by atoms with E-state index in [0.717, 1.165) is 24.4 Å². The molecular weight excluding hydrogens is 198 g/mol. The van der Waals surface area contributed by atoms with E-state index in [1.807, 2.05) is 19.9 Å². The quantitative estimate of drug-likeness (QED) is 0.622. The fraction of sp³-hybridized carbons (Fsp3) is 0.538. The van der Waals surface area contributed by atoms with E-state index < -0.39 is 0 Å². The van der Waals surface area contributed by atoms with Gasteiger partial charge < -0.3 is 5.32 Å². The van der Waals surface area contributed by atoms with Gasteiger partial charge in [0.2, 0.25) is 5.95 Å². The summed E-state index contributed by atoms with van der Waals surface area (Å²) in [6, 6.07) is 2.03. The molecule has 1 aromatic heterocycles. The molecule has 0 amide bonds. The average Bonchev–Trinajstić information content (AvgIpc) is 2.23. The van der Waals surface area contributed by atoms with Crippen LogP contribution in [0, 0.1) is 18.8 Å². The van der Waals surface area contributed by atoms with Crippen LogP contribution in [0.5, 0.6) is 0 Å². The Bertz CT molecular complexity index is 399. The van der Waals surface area contributed by atoms with Crippen LogP contribution in [0.3, 0.4) is 0 Å². The van der Waals surface area contributed by atoms with Crippen molar-refractivity contribution in [1.82, 2.24) is 9.97 Å². The number of hydrogen-bond acceptors (Lipinski definition) is 3. The van der Waals surface area contributed by atoms with Crippen molar-refractivity contribution in [2.75, 3.05) is 11.9 Å². The lowest BCUT2D eigenvalue weighted by atomic mass is 10.1. The fourth-order valence-electron chi connectivity index (χ4n) is 1.33. The van der Waals surface area contributed by atoms with E-state index in [0.29, 0.717) is 11.9 Å². The Hall–Kier alpha value is -1.56. The number of rotatable bonds is 4. The summed E-state index contributed by atoms with van der Waals surface area (Å²) in [5, 5.41) is 3.19. The number of nitrogens with zero attached hydrogens (tertiary/aromatic N) is 2. The standard InChI is InChI=1S/C13H19N3/c1-5-6-7-8-14-13-15-11(4)9-12(16-13)10(2)3/h9-10H,7-8H2,1-4H3,(H,14,15,16). The van der Waals surface area contributed by atoms with E-state index in [4.69, 9.17) is 0 Å². The van der Waals surface area contributed by atoms with E-state index in [1.165, 1.54) is 0 Å². The first kappa shape index (κ1) is 12.5. The smallest absolute Gasteiger partial charge is 0.223 e. The molecule has 0 saturated heterocycles. The van der Waals surface area contributed by atoms with Crippen LogP contribution in [0.15, 0.2) is 6.07 Å². The Morgan fingerprint density at radius 3 is 2.75 bits per heavy atom. The largest absolute Gasteiger partial charge is 0.353 e. The predicted molar refractivity (Wildman–Crippen MR) is 67.4 cm³/mol. The van der Waals surface area contributed by atoms with Gasteiger partial charge in [0.1, 0.15) is 0 Å². The molecule has 3 nitrogen and oxygen atoms in total. The predicted octanol–water partition coefficient (Wildman–Crippen LogP) is 2.73. The van der Waals surface area contributed by atoms with Crippen molar-refractivity contribution < 1.29 is 0 Å². The highest BCUT2D eigenvalue weighted by Gasteiger charge is 2.04. The Morgan fingerprint density at radius 2 is 2.12 bits per heavy atom. The highest BCUT2D eigenvalue weighted by molar-refractivity contribution is 5.29. The lowest BCUT2D eigenvalue weighted by Gasteiger charge is -2.09. The molecule has 86 valence electrons. The molecule has 0 unspecified atom stereocenters. The average molecular weight is 217 g/mol. The second kappa shape index (κ2) is 6.12. The SMILES string of the molecule is CC#CCCNc1nc(C)cc(C(C)C)n1. The van der Waals surface area contributed by atoms with Crippen molar-refractivity contribution in [3.05, 3.63) is 17.5 Å². The third-order valence-electron chi connectivity index (χ3n) is 2.18. The first-order valence-electron chi connectivity index (χ1n) is 5.62. The monoisotopic (exact) mass is 217 g/mol. The molecule has 0 spiro atoms. The van der Waals surface area contributed by atoms with Gasteiger partial charge in [0.15, 0.2) is 0 Å². The van der Waals surface area contributed by atoms with E-state index in [9.17, 15) is 0 Å². The van der Waals surface area contributed by atoms with Gasteiger partial charge >= 0.3 is 0 Å². The topological polar surface area (TPSA) is 37.8 Å². The van der Waals surface area contributed by atoms with Crippen LogP contribution in [0.25, 0.3) is 0 Å². The molecule has 0 fully saturated rings. The molecule has 0 aromatic carbocycles. The minimum Gasteiger partial charge on any atom is -0.353 e. The van der Waals surface area contributed by atoms with Gasteiger partial charge in [0.05, 0.1) is 0 Å². The summed E-state index contributed by atoms with van der Waals surface area (Å²) in [5.74, 6) is 7.00. The summed E-state index contributed by atoms with van der Waals surface area (Å²) in [7, 11) is 0. The van der Waals surface area contributed by atoms with Gasteiger partial charge in [-0.3, -0.25) is 0 Å². The van der Waals surface area contributed by atoms with Crippen molar-refractivity contribution in [1.29, 1.82) is 0 Å². The van der Waals surface area contributed by atoms with Gasteiger partial charge in [-0.2, -0.15) is 0 Å². The highest BCUT2D eigenvalue weighted by Crippen LogP contribution is 2.14. The maximum Gasteiger partial charge on any atom is 0.223 e. The maximum absolute atomic E-state index is 4.46. The molecule has 1 heterocycles. The zero-order valence-electron chi connectivity index (χ0n) is 10.5. The number of anilines is 1. The molecule has 3 heteroatoms. The van der Waals surface area contributed by atoms with Crippen LogP contribution in [-0.2, 0) is 0 Å². The number of aromatic nitrogens is 2. The Kier molecular flexibility index (Phi) is 4.78. The Morgan fingerprint density at radius 1 is 1.38 bits per heavy atom. The second-order valence-electron chi connectivity index (χ2n) is 4.02. The summed E-state index contributed by atoms with van der Waals surface area (Å²) in [6.07, 6.45) is 0.824. The van der Waals surface area contributed by atoms with Gasteiger partial charge in [-0.1, -0.05) is 13.8 Å². The van der Waals surface area contributed by atoms with Crippen molar-refractivity contribution in [2.24, 2.45) is 0 Å². The first-order chi connectivity index (χ1) is 7.63. The molecule has 1 N–H and O–H groups in total. The van der Waals surface area contributed by atoms with Crippen molar-refractivity contribution >= 4 is 5.95 Å². The minimum absolute atomic E-state index is 0.428. The third kappa shape index (κ3) is 3.90. The number of nitrogens with one attached hydrogen (secondary N) is 1. The van der Waals surface area contributed by atoms with Gasteiger partial charge in [-0.15, -0.1) is 11.8 Å². The normalized spacial score (nSPS) is 9.81. The highest BCUT2D eigenvalue weighted by atomic mass is 15.1. The maximum atomic E-state index is 4.46. The van der Waals surface area contributed by atoms with Gasteiger partial charge in [-0.25, -0.2) is 9.97 Å². The Labute approximate surface area is 97.7 Å². The van der Waals surface area contributed by atoms with Crippen molar-refractivity contribution in [3.8, 4) is 11.8 Å². The molecule has 0 aliphatic carbocycles. The molecule has 0 bridgehead atoms. The molecule has 1 aromatic rings. The lowest BCUT2D eigenvalue weighted by Crippen LogP contribution is -2.07.